The lowest BCUT2D eigenvalue weighted by atomic mass is 10.4. The van der Waals surface area contributed by atoms with E-state index in [0.717, 1.165) is 0 Å². The first-order valence-electron chi connectivity index (χ1n) is 2.40. The molecule has 0 aliphatic heterocycles. The maximum absolute atomic E-state index is 10.1. The smallest absolute Gasteiger partial charge is 0.160 e. The fourth-order valence-corrected chi connectivity index (χ4v) is 0.227. The zero-order valence-corrected chi connectivity index (χ0v) is 5.06. The first-order valence-corrected chi connectivity index (χ1v) is 2.40. The van der Waals surface area contributed by atoms with Gasteiger partial charge >= 0.3 is 0 Å². The van der Waals surface area contributed by atoms with Crippen LogP contribution < -0.4 is 0 Å². The molecule has 0 rings (SSSR count). The molecular weight excluding hydrogens is 100 g/mol. The number of carbonyl (C=O) groups excluding carboxylic acids is 1. The predicted octanol–water partition coefficient (Wildman–Crippen LogP) is 1.46. The zero-order chi connectivity index (χ0) is 6.41. The average Bonchev–Trinajstić information content (AvgIpc) is 1.66. The molecule has 0 atom stereocenters. The number of allylic oxidation sites excluding steroid dienone is 2. The minimum atomic E-state index is -0.000602. The van der Waals surface area contributed by atoms with E-state index in [0.29, 0.717) is 0 Å². The molecule has 0 radical (unpaired) electrons. The minimum Gasteiger partial charge on any atom is -0.294 e. The van der Waals surface area contributed by atoms with Gasteiger partial charge in [0.25, 0.3) is 0 Å². The van der Waals surface area contributed by atoms with E-state index < -0.39 is 0 Å². The van der Waals surface area contributed by atoms with Crippen LogP contribution in [0.4, 0.5) is 0 Å². The van der Waals surface area contributed by atoms with Crippen LogP contribution in [0.1, 0.15) is 13.8 Å². The molecular formula is C7H8O. The molecule has 8 heavy (non-hydrogen) atoms. The van der Waals surface area contributed by atoms with Crippen molar-refractivity contribution in [1.82, 2.24) is 0 Å². The van der Waals surface area contributed by atoms with Crippen LogP contribution in [-0.4, -0.2) is 5.78 Å². The van der Waals surface area contributed by atoms with Gasteiger partial charge in [0, 0.05) is 6.08 Å². The van der Waals surface area contributed by atoms with Crippen LogP contribution in [0.25, 0.3) is 0 Å². The normalized spacial score (nSPS) is 6.25. The van der Waals surface area contributed by atoms with Crippen LogP contribution >= 0.6 is 0 Å². The molecule has 0 N–H and O–H groups in total. The van der Waals surface area contributed by atoms with E-state index in [1.54, 1.807) is 6.08 Å². The molecule has 0 aliphatic rings. The van der Waals surface area contributed by atoms with Crippen molar-refractivity contribution in [2.75, 3.05) is 0 Å². The summed E-state index contributed by atoms with van der Waals surface area (Å²) in [6.07, 6.45) is 3.04. The Kier molecular flexibility index (Phi) is 3.60. The summed E-state index contributed by atoms with van der Waals surface area (Å²) in [5, 5.41) is 0. The number of carbonyl (C=O) groups is 1. The van der Waals surface area contributed by atoms with E-state index in [-0.39, 0.29) is 5.78 Å². The third kappa shape index (κ3) is 4.97. The Bertz CT molecular complexity index is 165. The first-order chi connectivity index (χ1) is 3.77. The van der Waals surface area contributed by atoms with Crippen molar-refractivity contribution in [3.05, 3.63) is 23.6 Å². The van der Waals surface area contributed by atoms with Gasteiger partial charge in [0.05, 0.1) is 0 Å². The van der Waals surface area contributed by atoms with Gasteiger partial charge in [0.1, 0.15) is 0 Å². The van der Waals surface area contributed by atoms with Crippen molar-refractivity contribution in [2.24, 2.45) is 0 Å². The van der Waals surface area contributed by atoms with Gasteiger partial charge in [-0.25, -0.2) is 0 Å². The van der Waals surface area contributed by atoms with E-state index in [2.05, 4.69) is 11.5 Å². The third-order valence-corrected chi connectivity index (χ3v) is 0.503. The van der Waals surface area contributed by atoms with Crippen LogP contribution in [0.2, 0.25) is 0 Å². The fraction of sp³-hybridized carbons (Fsp3) is 0.286. The van der Waals surface area contributed by atoms with Crippen molar-refractivity contribution in [3.63, 3.8) is 0 Å². The molecule has 0 aromatic carbocycles. The van der Waals surface area contributed by atoms with Crippen LogP contribution in [0.3, 0.4) is 0 Å². The molecule has 0 heterocycles. The van der Waals surface area contributed by atoms with Crippen molar-refractivity contribution < 1.29 is 4.79 Å². The standard InChI is InChI=1S/C7H8O/c1-3-4-5-6-7(2)8/h3,6H,1-2H3. The zero-order valence-electron chi connectivity index (χ0n) is 5.06. The molecule has 0 bridgehead atoms. The van der Waals surface area contributed by atoms with Crippen molar-refractivity contribution in [3.8, 4) is 0 Å². The van der Waals surface area contributed by atoms with E-state index in [9.17, 15) is 4.79 Å². The second-order valence-electron chi connectivity index (χ2n) is 1.33. The lowest BCUT2D eigenvalue weighted by Gasteiger charge is -1.64. The summed E-state index contributed by atoms with van der Waals surface area (Å²) in [7, 11) is 0. The monoisotopic (exact) mass is 108 g/mol. The van der Waals surface area contributed by atoms with E-state index in [4.69, 9.17) is 0 Å². The van der Waals surface area contributed by atoms with Gasteiger partial charge in [-0.15, -0.1) is 0 Å². The van der Waals surface area contributed by atoms with E-state index in [1.807, 2.05) is 6.92 Å². The number of rotatable bonds is 1. The number of hydrogen-bond acceptors (Lipinski definition) is 1. The van der Waals surface area contributed by atoms with Gasteiger partial charge < -0.3 is 0 Å². The molecule has 0 aliphatic carbocycles. The highest BCUT2D eigenvalue weighted by molar-refractivity contribution is 5.86. The second-order valence-corrected chi connectivity index (χ2v) is 1.33. The highest BCUT2D eigenvalue weighted by atomic mass is 16.1. The quantitative estimate of drug-likeness (QED) is 0.367. The Labute approximate surface area is 49.0 Å². The molecule has 1 heteroatoms. The third-order valence-electron chi connectivity index (χ3n) is 0.503. The highest BCUT2D eigenvalue weighted by Crippen LogP contribution is 1.67. The number of hydrogen-bond donors (Lipinski definition) is 0. The first kappa shape index (κ1) is 6.97. The van der Waals surface area contributed by atoms with Crippen molar-refractivity contribution in [2.45, 2.75) is 13.8 Å². The van der Waals surface area contributed by atoms with Gasteiger partial charge in [0.15, 0.2) is 5.78 Å². The van der Waals surface area contributed by atoms with Crippen molar-refractivity contribution >= 4 is 5.78 Å². The van der Waals surface area contributed by atoms with E-state index in [1.165, 1.54) is 13.0 Å². The SMILES string of the molecule is CC=C=C=CC(C)=O. The van der Waals surface area contributed by atoms with Gasteiger partial charge in [-0.2, -0.15) is 0 Å². The summed E-state index contributed by atoms with van der Waals surface area (Å²) < 4.78 is 0. The second kappa shape index (κ2) is 4.14. The highest BCUT2D eigenvalue weighted by Gasteiger charge is 1.73. The van der Waals surface area contributed by atoms with Gasteiger partial charge in [-0.3, -0.25) is 4.79 Å². The maximum Gasteiger partial charge on any atom is 0.160 e. The molecule has 0 saturated heterocycles. The van der Waals surface area contributed by atoms with Crippen molar-refractivity contribution in [1.29, 1.82) is 0 Å². The fourth-order valence-electron chi connectivity index (χ4n) is 0.227. The van der Waals surface area contributed by atoms with Gasteiger partial charge in [-0.05, 0) is 19.9 Å². The Morgan fingerprint density at radius 1 is 1.50 bits per heavy atom. The Balaban J connectivity index is 4.04. The molecule has 42 valence electrons. The molecule has 0 saturated carbocycles. The van der Waals surface area contributed by atoms with Crippen LogP contribution in [0.15, 0.2) is 23.6 Å². The van der Waals surface area contributed by atoms with Gasteiger partial charge in [-0.1, -0.05) is 11.5 Å². The summed E-state index contributed by atoms with van der Waals surface area (Å²) >= 11 is 0. The summed E-state index contributed by atoms with van der Waals surface area (Å²) in [6.45, 7) is 3.30. The Morgan fingerprint density at radius 3 is 2.50 bits per heavy atom. The Hall–Kier alpha value is -1.03. The molecule has 1 nitrogen and oxygen atoms in total. The summed E-state index contributed by atoms with van der Waals surface area (Å²) in [5.74, 6) is -0.000602. The Morgan fingerprint density at radius 2 is 2.12 bits per heavy atom. The lowest BCUT2D eigenvalue weighted by Crippen LogP contribution is -1.75. The molecule has 0 aromatic rings. The van der Waals surface area contributed by atoms with E-state index >= 15 is 0 Å². The van der Waals surface area contributed by atoms with Crippen LogP contribution in [0.5, 0.6) is 0 Å². The van der Waals surface area contributed by atoms with Gasteiger partial charge in [0.2, 0.25) is 0 Å². The molecule has 0 aromatic heterocycles. The molecule has 0 fully saturated rings. The predicted molar refractivity (Wildman–Crippen MR) is 32.5 cm³/mol. The lowest BCUT2D eigenvalue weighted by molar-refractivity contribution is -0.112. The maximum atomic E-state index is 10.1. The molecule has 0 unspecified atom stereocenters. The summed E-state index contributed by atoms with van der Waals surface area (Å²) in [6, 6.07) is 0. The topological polar surface area (TPSA) is 17.1 Å². The summed E-state index contributed by atoms with van der Waals surface area (Å²) in [5.41, 5.74) is 5.18. The van der Waals surface area contributed by atoms with Crippen LogP contribution in [0, 0.1) is 0 Å². The molecule has 0 spiro atoms. The molecule has 0 amide bonds. The average molecular weight is 108 g/mol. The van der Waals surface area contributed by atoms with Crippen LogP contribution in [-0.2, 0) is 4.79 Å². The largest absolute Gasteiger partial charge is 0.294 e. The number of ketones is 1. The minimum absolute atomic E-state index is 0.000602. The summed E-state index contributed by atoms with van der Waals surface area (Å²) in [4.78, 5) is 10.1.